The van der Waals surface area contributed by atoms with Crippen molar-refractivity contribution in [3.63, 3.8) is 0 Å². The van der Waals surface area contributed by atoms with E-state index in [-0.39, 0.29) is 17.9 Å². The Kier molecular flexibility index (Phi) is 4.43. The predicted molar refractivity (Wildman–Crippen MR) is 83.6 cm³/mol. The van der Waals surface area contributed by atoms with E-state index in [1.165, 1.54) is 0 Å². The van der Waals surface area contributed by atoms with Gasteiger partial charge in [0.2, 0.25) is 11.8 Å². The van der Waals surface area contributed by atoms with Gasteiger partial charge in [-0.2, -0.15) is 0 Å². The van der Waals surface area contributed by atoms with Crippen LogP contribution in [0.5, 0.6) is 0 Å². The first-order valence-electron chi connectivity index (χ1n) is 7.98. The number of anilines is 1. The van der Waals surface area contributed by atoms with Gasteiger partial charge in [-0.25, -0.2) is 0 Å². The number of aliphatic hydroxyl groups excluding tert-OH is 1. The molecule has 3 rings (SSSR count). The molecule has 1 aromatic rings. The molecule has 2 aliphatic heterocycles. The first-order chi connectivity index (χ1) is 10.6. The van der Waals surface area contributed by atoms with Crippen LogP contribution in [0.4, 0.5) is 5.69 Å². The van der Waals surface area contributed by atoms with E-state index in [4.69, 9.17) is 0 Å². The van der Waals surface area contributed by atoms with E-state index in [1.54, 1.807) is 4.90 Å². The van der Waals surface area contributed by atoms with Crippen LogP contribution in [-0.2, 0) is 16.0 Å². The fraction of sp³-hybridized carbons (Fsp3) is 0.529. The van der Waals surface area contributed by atoms with Crippen LogP contribution in [0.3, 0.4) is 0 Å². The Hall–Kier alpha value is -1.88. The first kappa shape index (κ1) is 15.0. The highest BCUT2D eigenvalue weighted by molar-refractivity contribution is 5.95. The summed E-state index contributed by atoms with van der Waals surface area (Å²) < 4.78 is 0. The zero-order valence-corrected chi connectivity index (χ0v) is 12.7. The van der Waals surface area contributed by atoms with Crippen molar-refractivity contribution in [2.75, 3.05) is 24.5 Å². The smallest absolute Gasteiger partial charge is 0.227 e. The molecule has 0 spiro atoms. The van der Waals surface area contributed by atoms with Crippen molar-refractivity contribution in [3.8, 4) is 0 Å². The largest absolute Gasteiger partial charge is 0.393 e. The highest BCUT2D eigenvalue weighted by Crippen LogP contribution is 2.22. The van der Waals surface area contributed by atoms with Crippen molar-refractivity contribution >= 4 is 17.5 Å². The lowest BCUT2D eigenvalue weighted by Crippen LogP contribution is -2.40. The molecule has 5 heteroatoms. The molecule has 0 aliphatic carbocycles. The van der Waals surface area contributed by atoms with Gasteiger partial charge in [0, 0.05) is 31.7 Å². The van der Waals surface area contributed by atoms with Gasteiger partial charge in [-0.1, -0.05) is 12.1 Å². The van der Waals surface area contributed by atoms with Crippen molar-refractivity contribution in [1.82, 2.24) is 4.90 Å². The van der Waals surface area contributed by atoms with Crippen molar-refractivity contribution in [2.24, 2.45) is 0 Å². The maximum atomic E-state index is 12.2. The molecule has 0 saturated carbocycles. The molecule has 2 amide bonds. The summed E-state index contributed by atoms with van der Waals surface area (Å²) in [6.07, 6.45) is 3.00. The number of nitrogens with zero attached hydrogens (tertiary/aromatic N) is 2. The minimum atomic E-state index is -0.263. The number of aliphatic hydroxyl groups is 1. The molecule has 2 saturated heterocycles. The van der Waals surface area contributed by atoms with E-state index in [1.807, 2.05) is 29.2 Å². The SMILES string of the molecule is O=C(Cc1ccc(N2CCCC2=O)cc1)N1CCC(O)CC1. The number of amides is 2. The highest BCUT2D eigenvalue weighted by Gasteiger charge is 2.23. The average molecular weight is 302 g/mol. The van der Waals surface area contributed by atoms with Crippen LogP contribution in [0.2, 0.25) is 0 Å². The first-order valence-corrected chi connectivity index (χ1v) is 7.98. The zero-order valence-electron chi connectivity index (χ0n) is 12.7. The van der Waals surface area contributed by atoms with E-state index in [0.717, 1.165) is 24.2 Å². The highest BCUT2D eigenvalue weighted by atomic mass is 16.3. The normalized spacial score (nSPS) is 19.8. The molecular weight excluding hydrogens is 280 g/mol. The number of hydrogen-bond donors (Lipinski definition) is 1. The lowest BCUT2D eigenvalue weighted by molar-refractivity contribution is -0.132. The molecule has 1 aromatic carbocycles. The van der Waals surface area contributed by atoms with E-state index < -0.39 is 0 Å². The molecule has 118 valence electrons. The van der Waals surface area contributed by atoms with Gasteiger partial charge in [-0.05, 0) is 37.0 Å². The van der Waals surface area contributed by atoms with Gasteiger partial charge in [-0.3, -0.25) is 9.59 Å². The maximum absolute atomic E-state index is 12.2. The number of rotatable bonds is 3. The number of carbonyl (C=O) groups excluding carboxylic acids is 2. The topological polar surface area (TPSA) is 60.9 Å². The predicted octanol–water partition coefficient (Wildman–Crippen LogP) is 1.34. The van der Waals surface area contributed by atoms with Gasteiger partial charge in [0.05, 0.1) is 12.5 Å². The maximum Gasteiger partial charge on any atom is 0.227 e. The summed E-state index contributed by atoms with van der Waals surface area (Å²) >= 11 is 0. The van der Waals surface area contributed by atoms with Crippen molar-refractivity contribution in [3.05, 3.63) is 29.8 Å². The Bertz CT molecular complexity index is 548. The molecule has 0 radical (unpaired) electrons. The van der Waals surface area contributed by atoms with Crippen LogP contribution >= 0.6 is 0 Å². The Morgan fingerprint density at radius 2 is 1.82 bits per heavy atom. The van der Waals surface area contributed by atoms with Gasteiger partial charge in [-0.15, -0.1) is 0 Å². The number of carbonyl (C=O) groups is 2. The molecule has 0 atom stereocenters. The van der Waals surface area contributed by atoms with Crippen molar-refractivity contribution < 1.29 is 14.7 Å². The van der Waals surface area contributed by atoms with E-state index in [9.17, 15) is 14.7 Å². The fourth-order valence-electron chi connectivity index (χ4n) is 3.12. The number of piperidine rings is 1. The number of likely N-dealkylation sites (tertiary alicyclic amines) is 1. The summed E-state index contributed by atoms with van der Waals surface area (Å²) in [6.45, 7) is 2.06. The molecule has 1 N–H and O–H groups in total. The van der Waals surface area contributed by atoms with Crippen molar-refractivity contribution in [1.29, 1.82) is 0 Å². The Morgan fingerprint density at radius 3 is 2.41 bits per heavy atom. The van der Waals surface area contributed by atoms with Gasteiger partial charge in [0.1, 0.15) is 0 Å². The van der Waals surface area contributed by atoms with Crippen LogP contribution in [0, 0.1) is 0 Å². The van der Waals surface area contributed by atoms with E-state index in [2.05, 4.69) is 0 Å². The third kappa shape index (κ3) is 3.30. The summed E-state index contributed by atoms with van der Waals surface area (Å²) in [4.78, 5) is 27.6. The number of benzene rings is 1. The van der Waals surface area contributed by atoms with Gasteiger partial charge < -0.3 is 14.9 Å². The van der Waals surface area contributed by atoms with Gasteiger partial charge in [0.15, 0.2) is 0 Å². The minimum Gasteiger partial charge on any atom is -0.393 e. The van der Waals surface area contributed by atoms with E-state index in [0.29, 0.717) is 38.8 Å². The standard InChI is InChI=1S/C17H22N2O3/c20-15-7-10-18(11-8-15)17(22)12-13-3-5-14(6-4-13)19-9-1-2-16(19)21/h3-6,15,20H,1-2,7-12H2. The molecule has 22 heavy (non-hydrogen) atoms. The van der Waals surface area contributed by atoms with Crippen molar-refractivity contribution in [2.45, 2.75) is 38.2 Å². The monoisotopic (exact) mass is 302 g/mol. The van der Waals surface area contributed by atoms with Gasteiger partial charge in [0.25, 0.3) is 0 Å². The van der Waals surface area contributed by atoms with E-state index >= 15 is 0 Å². The Balaban J connectivity index is 1.59. The Labute approximate surface area is 130 Å². The van der Waals surface area contributed by atoms with Crippen LogP contribution < -0.4 is 4.90 Å². The third-order valence-electron chi connectivity index (χ3n) is 4.49. The molecule has 2 heterocycles. The van der Waals surface area contributed by atoms with Crippen LogP contribution in [0.25, 0.3) is 0 Å². The summed E-state index contributed by atoms with van der Waals surface area (Å²) in [5.74, 6) is 0.285. The zero-order chi connectivity index (χ0) is 15.5. The molecule has 0 aromatic heterocycles. The second-order valence-corrected chi connectivity index (χ2v) is 6.10. The summed E-state index contributed by atoms with van der Waals surface area (Å²) in [5.41, 5.74) is 1.88. The van der Waals surface area contributed by atoms with Crippen LogP contribution in [0.15, 0.2) is 24.3 Å². The molecule has 0 bridgehead atoms. The molecule has 2 aliphatic rings. The number of hydrogen-bond acceptors (Lipinski definition) is 3. The van der Waals surface area contributed by atoms with Crippen LogP contribution in [0.1, 0.15) is 31.2 Å². The molecule has 5 nitrogen and oxygen atoms in total. The third-order valence-corrected chi connectivity index (χ3v) is 4.49. The fourth-order valence-corrected chi connectivity index (χ4v) is 3.12. The lowest BCUT2D eigenvalue weighted by Gasteiger charge is -2.29. The molecule has 0 unspecified atom stereocenters. The quantitative estimate of drug-likeness (QED) is 0.916. The molecule has 2 fully saturated rings. The van der Waals surface area contributed by atoms with Gasteiger partial charge >= 0.3 is 0 Å². The lowest BCUT2D eigenvalue weighted by atomic mass is 10.1. The summed E-state index contributed by atoms with van der Waals surface area (Å²) in [6, 6.07) is 7.70. The molecular formula is C17H22N2O3. The minimum absolute atomic E-state index is 0.108. The second-order valence-electron chi connectivity index (χ2n) is 6.10. The van der Waals surface area contributed by atoms with Crippen LogP contribution in [-0.4, -0.2) is 47.6 Å². The average Bonchev–Trinajstić information content (AvgIpc) is 2.95. The summed E-state index contributed by atoms with van der Waals surface area (Å²) in [7, 11) is 0. The second kappa shape index (κ2) is 6.48. The summed E-state index contributed by atoms with van der Waals surface area (Å²) in [5, 5.41) is 9.48. The Morgan fingerprint density at radius 1 is 1.14 bits per heavy atom.